The van der Waals surface area contributed by atoms with Gasteiger partial charge < -0.3 is 23.7 Å². The molecule has 1 atom stereocenters. The molecular formula is C27H32O8. The molecule has 8 heteroatoms. The first kappa shape index (κ1) is 26.1. The Labute approximate surface area is 205 Å². The Bertz CT molecular complexity index is 1100. The second kappa shape index (κ2) is 11.7. The molecule has 1 aliphatic carbocycles. The van der Waals surface area contributed by atoms with Crippen LogP contribution in [0.25, 0.3) is 11.1 Å². The van der Waals surface area contributed by atoms with Gasteiger partial charge in [0.15, 0.2) is 11.5 Å². The van der Waals surface area contributed by atoms with E-state index in [4.69, 9.17) is 23.7 Å². The maximum Gasteiger partial charge on any atom is 0.308 e. The van der Waals surface area contributed by atoms with E-state index in [0.717, 1.165) is 30.4 Å². The lowest BCUT2D eigenvalue weighted by Gasteiger charge is -2.21. The number of ether oxygens (including phenoxy) is 5. The molecule has 0 aromatic heterocycles. The van der Waals surface area contributed by atoms with Gasteiger partial charge in [-0.1, -0.05) is 6.07 Å². The van der Waals surface area contributed by atoms with Crippen LogP contribution in [0.15, 0.2) is 24.3 Å². The first-order chi connectivity index (χ1) is 16.7. The molecule has 0 fully saturated rings. The number of carbonyl (C=O) groups is 3. The highest BCUT2D eigenvalue weighted by molar-refractivity contribution is 5.85. The SMILES string of the molecule is COc1c2cc(c(OC(C)=O)c1OC)CCCC[C@H](OC(C)=O)CCc1ccc(OC(C)=O)c-2c1. The van der Waals surface area contributed by atoms with Gasteiger partial charge >= 0.3 is 17.9 Å². The summed E-state index contributed by atoms with van der Waals surface area (Å²) in [5.74, 6) is 0.108. The van der Waals surface area contributed by atoms with Gasteiger partial charge in [0.1, 0.15) is 11.9 Å². The minimum Gasteiger partial charge on any atom is -0.492 e. The molecule has 3 rings (SSSR count). The molecule has 0 unspecified atom stereocenters. The van der Waals surface area contributed by atoms with Crippen molar-refractivity contribution >= 4 is 17.9 Å². The lowest BCUT2D eigenvalue weighted by Crippen LogP contribution is -2.17. The Morgan fingerprint density at radius 1 is 0.743 bits per heavy atom. The van der Waals surface area contributed by atoms with Crippen LogP contribution in [0.3, 0.4) is 0 Å². The second-order valence-electron chi connectivity index (χ2n) is 8.51. The van der Waals surface area contributed by atoms with Crippen LogP contribution in [0.4, 0.5) is 0 Å². The van der Waals surface area contributed by atoms with Crippen molar-refractivity contribution in [1.29, 1.82) is 0 Å². The van der Waals surface area contributed by atoms with E-state index in [1.165, 1.54) is 35.0 Å². The summed E-state index contributed by atoms with van der Waals surface area (Å²) < 4.78 is 28.0. The number of fused-ring (bicyclic) bond motifs is 5. The third kappa shape index (κ3) is 6.53. The average Bonchev–Trinajstić information content (AvgIpc) is 2.80. The molecule has 8 nitrogen and oxygen atoms in total. The molecule has 0 N–H and O–H groups in total. The Morgan fingerprint density at radius 2 is 1.46 bits per heavy atom. The molecule has 0 spiro atoms. The highest BCUT2D eigenvalue weighted by Gasteiger charge is 2.26. The Morgan fingerprint density at radius 3 is 2.09 bits per heavy atom. The van der Waals surface area contributed by atoms with E-state index < -0.39 is 11.9 Å². The van der Waals surface area contributed by atoms with Crippen molar-refractivity contribution in [2.75, 3.05) is 14.2 Å². The van der Waals surface area contributed by atoms with Crippen molar-refractivity contribution in [2.45, 2.75) is 65.4 Å². The van der Waals surface area contributed by atoms with E-state index in [2.05, 4.69) is 0 Å². The van der Waals surface area contributed by atoms with Gasteiger partial charge in [0.05, 0.1) is 14.2 Å². The molecule has 0 saturated carbocycles. The fourth-order valence-electron chi connectivity index (χ4n) is 4.40. The maximum absolute atomic E-state index is 11.9. The number of hydrogen-bond acceptors (Lipinski definition) is 8. The van der Waals surface area contributed by atoms with Crippen LogP contribution in [-0.4, -0.2) is 38.2 Å². The summed E-state index contributed by atoms with van der Waals surface area (Å²) in [5, 5.41) is 0. The molecular weight excluding hydrogens is 452 g/mol. The van der Waals surface area contributed by atoms with Gasteiger partial charge in [-0.3, -0.25) is 14.4 Å². The summed E-state index contributed by atoms with van der Waals surface area (Å²) in [4.78, 5) is 35.4. The predicted molar refractivity (Wildman–Crippen MR) is 129 cm³/mol. The van der Waals surface area contributed by atoms with Crippen molar-refractivity contribution in [3.63, 3.8) is 0 Å². The predicted octanol–water partition coefficient (Wildman–Crippen LogP) is 4.81. The minimum atomic E-state index is -0.477. The van der Waals surface area contributed by atoms with E-state index in [0.29, 0.717) is 53.4 Å². The van der Waals surface area contributed by atoms with E-state index >= 15 is 0 Å². The van der Waals surface area contributed by atoms with Crippen LogP contribution < -0.4 is 18.9 Å². The second-order valence-corrected chi connectivity index (χ2v) is 8.51. The van der Waals surface area contributed by atoms with Gasteiger partial charge in [0.25, 0.3) is 0 Å². The monoisotopic (exact) mass is 484 g/mol. The van der Waals surface area contributed by atoms with Gasteiger partial charge in [0.2, 0.25) is 5.75 Å². The van der Waals surface area contributed by atoms with Gasteiger partial charge in [-0.15, -0.1) is 0 Å². The molecule has 0 radical (unpaired) electrons. The maximum atomic E-state index is 11.9. The summed E-state index contributed by atoms with van der Waals surface area (Å²) in [6, 6.07) is 7.48. The fourth-order valence-corrected chi connectivity index (χ4v) is 4.40. The molecule has 1 aliphatic rings. The van der Waals surface area contributed by atoms with E-state index in [1.807, 2.05) is 18.2 Å². The summed E-state index contributed by atoms with van der Waals surface area (Å²) in [6.07, 6.45) is 4.04. The zero-order valence-electron chi connectivity index (χ0n) is 20.9. The summed E-state index contributed by atoms with van der Waals surface area (Å²) in [5.41, 5.74) is 3.05. The zero-order valence-corrected chi connectivity index (χ0v) is 20.9. The smallest absolute Gasteiger partial charge is 0.308 e. The van der Waals surface area contributed by atoms with E-state index in [9.17, 15) is 14.4 Å². The third-order valence-corrected chi connectivity index (χ3v) is 5.82. The van der Waals surface area contributed by atoms with Gasteiger partial charge in [-0.25, -0.2) is 0 Å². The number of benzene rings is 2. The number of methoxy groups -OCH3 is 2. The largest absolute Gasteiger partial charge is 0.492 e. The highest BCUT2D eigenvalue weighted by Crippen LogP contribution is 2.49. The van der Waals surface area contributed by atoms with Crippen LogP contribution in [0.5, 0.6) is 23.0 Å². The van der Waals surface area contributed by atoms with E-state index in [-0.39, 0.29) is 12.1 Å². The Balaban J connectivity index is 2.24. The minimum absolute atomic E-state index is 0.204. The summed E-state index contributed by atoms with van der Waals surface area (Å²) >= 11 is 0. The highest BCUT2D eigenvalue weighted by atomic mass is 16.6. The van der Waals surface area contributed by atoms with Crippen molar-refractivity contribution in [2.24, 2.45) is 0 Å². The zero-order chi connectivity index (χ0) is 25.5. The van der Waals surface area contributed by atoms with Gasteiger partial charge in [-0.2, -0.15) is 0 Å². The molecule has 4 bridgehead atoms. The van der Waals surface area contributed by atoms with Crippen LogP contribution in [0, 0.1) is 0 Å². The third-order valence-electron chi connectivity index (χ3n) is 5.82. The van der Waals surface area contributed by atoms with Crippen molar-refractivity contribution in [3.05, 3.63) is 35.4 Å². The normalized spacial score (nSPS) is 15.5. The van der Waals surface area contributed by atoms with Crippen LogP contribution in [-0.2, 0) is 32.0 Å². The number of hydrogen-bond donors (Lipinski definition) is 0. The Hall–Kier alpha value is -3.55. The van der Waals surface area contributed by atoms with Gasteiger partial charge in [0, 0.05) is 31.9 Å². The van der Waals surface area contributed by atoms with Crippen LogP contribution in [0.2, 0.25) is 0 Å². The van der Waals surface area contributed by atoms with Crippen LogP contribution >= 0.6 is 0 Å². The fraction of sp³-hybridized carbons (Fsp3) is 0.444. The number of carbonyl (C=O) groups excluding carboxylic acids is 3. The topological polar surface area (TPSA) is 97.4 Å². The number of aryl methyl sites for hydroxylation is 2. The molecule has 2 aromatic carbocycles. The lowest BCUT2D eigenvalue weighted by atomic mass is 9.95. The molecule has 0 heterocycles. The van der Waals surface area contributed by atoms with E-state index in [1.54, 1.807) is 6.07 Å². The van der Waals surface area contributed by atoms with Gasteiger partial charge in [-0.05, 0) is 67.9 Å². The lowest BCUT2D eigenvalue weighted by molar-refractivity contribution is -0.147. The Kier molecular flexibility index (Phi) is 8.73. The molecule has 35 heavy (non-hydrogen) atoms. The molecule has 0 amide bonds. The first-order valence-corrected chi connectivity index (χ1v) is 11.7. The quantitative estimate of drug-likeness (QED) is 0.441. The standard InChI is InChI=1S/C27H32O8/c1-16(28)33-21-9-7-6-8-20-15-23(26(31-4)27(32-5)25(20)35-18(3)30)22-14-19(10-12-21)11-13-24(22)34-17(2)29/h11,13-15,21H,6-10,12H2,1-5H3/t21-/m0/s1. The van der Waals surface area contributed by atoms with Crippen LogP contribution in [0.1, 0.15) is 57.6 Å². The summed E-state index contributed by atoms with van der Waals surface area (Å²) in [6.45, 7) is 4.09. The number of rotatable bonds is 5. The van der Waals surface area contributed by atoms with Crippen molar-refractivity contribution < 1.29 is 38.1 Å². The average molecular weight is 485 g/mol. The molecule has 188 valence electrons. The van der Waals surface area contributed by atoms with Crippen molar-refractivity contribution in [3.8, 4) is 34.1 Å². The summed E-state index contributed by atoms with van der Waals surface area (Å²) in [7, 11) is 2.99. The molecule has 0 saturated heterocycles. The first-order valence-electron chi connectivity index (χ1n) is 11.7. The molecule has 0 aliphatic heterocycles. The van der Waals surface area contributed by atoms with Crippen molar-refractivity contribution in [1.82, 2.24) is 0 Å². The number of esters is 3. The molecule has 2 aromatic rings.